The van der Waals surface area contributed by atoms with Gasteiger partial charge in [-0.15, -0.1) is 0 Å². The fourth-order valence-electron chi connectivity index (χ4n) is 5.09. The van der Waals surface area contributed by atoms with Gasteiger partial charge in [-0.1, -0.05) is 103 Å². The van der Waals surface area contributed by atoms with Gasteiger partial charge in [-0.05, 0) is 53.1 Å². The van der Waals surface area contributed by atoms with Gasteiger partial charge in [0.15, 0.2) is 0 Å². The average molecular weight is 552 g/mol. The average Bonchev–Trinajstić information content (AvgIpc) is 3.01. The number of fused-ring (bicyclic) bond motifs is 1. The zero-order valence-corrected chi connectivity index (χ0v) is 23.1. The SMILES string of the molecule is O=C(C[C@@H](CCCc1cccc2ccccc12)C(=O)N[C@@H](Cc1ccccc1)C(=O)NCCc1ccccc1)NO. The van der Waals surface area contributed by atoms with Gasteiger partial charge in [0, 0.05) is 25.3 Å². The van der Waals surface area contributed by atoms with Gasteiger partial charge in [0.25, 0.3) is 0 Å². The van der Waals surface area contributed by atoms with E-state index in [9.17, 15) is 14.4 Å². The van der Waals surface area contributed by atoms with Gasteiger partial charge in [-0.3, -0.25) is 19.6 Å². The number of carbonyl (C=O) groups excluding carboxylic acids is 3. The smallest absolute Gasteiger partial charge is 0.244 e. The molecule has 7 nitrogen and oxygen atoms in total. The Morgan fingerprint density at radius 1 is 0.707 bits per heavy atom. The summed E-state index contributed by atoms with van der Waals surface area (Å²) in [5.41, 5.74) is 4.84. The topological polar surface area (TPSA) is 108 Å². The van der Waals surface area contributed by atoms with Crippen LogP contribution in [-0.2, 0) is 33.6 Å². The van der Waals surface area contributed by atoms with Gasteiger partial charge in [-0.25, -0.2) is 5.48 Å². The van der Waals surface area contributed by atoms with Crippen molar-refractivity contribution in [3.63, 3.8) is 0 Å². The molecule has 0 aromatic heterocycles. The number of benzene rings is 4. The third kappa shape index (κ3) is 9.01. The Balaban J connectivity index is 1.42. The number of aryl methyl sites for hydroxylation is 1. The number of hydroxylamine groups is 1. The highest BCUT2D eigenvalue weighted by Gasteiger charge is 2.27. The lowest BCUT2D eigenvalue weighted by Crippen LogP contribution is -2.50. The zero-order chi connectivity index (χ0) is 28.9. The van der Waals surface area contributed by atoms with Gasteiger partial charge in [-0.2, -0.15) is 0 Å². The maximum Gasteiger partial charge on any atom is 0.244 e. The van der Waals surface area contributed by atoms with Crippen LogP contribution in [0.15, 0.2) is 103 Å². The molecule has 4 aromatic carbocycles. The zero-order valence-electron chi connectivity index (χ0n) is 23.1. The molecule has 0 saturated heterocycles. The van der Waals surface area contributed by atoms with Crippen molar-refractivity contribution in [3.8, 4) is 0 Å². The van der Waals surface area contributed by atoms with E-state index in [2.05, 4.69) is 34.9 Å². The first-order chi connectivity index (χ1) is 20.0. The minimum absolute atomic E-state index is 0.175. The number of carbonyl (C=O) groups is 3. The first-order valence-electron chi connectivity index (χ1n) is 14.1. The fourth-order valence-corrected chi connectivity index (χ4v) is 5.09. The maximum absolute atomic E-state index is 13.5. The molecule has 0 heterocycles. The van der Waals surface area contributed by atoms with E-state index in [1.54, 1.807) is 5.48 Å². The quantitative estimate of drug-likeness (QED) is 0.134. The molecule has 0 fully saturated rings. The summed E-state index contributed by atoms with van der Waals surface area (Å²) in [7, 11) is 0. The molecule has 0 bridgehead atoms. The first-order valence-corrected chi connectivity index (χ1v) is 14.1. The van der Waals surface area contributed by atoms with Crippen molar-refractivity contribution in [2.45, 2.75) is 44.6 Å². The Bertz CT molecular complexity index is 1420. The number of rotatable bonds is 14. The van der Waals surface area contributed by atoms with Crippen molar-refractivity contribution in [2.75, 3.05) is 6.54 Å². The molecule has 0 spiro atoms. The van der Waals surface area contributed by atoms with Crippen LogP contribution in [0.1, 0.15) is 36.0 Å². The van der Waals surface area contributed by atoms with Crippen LogP contribution in [0.3, 0.4) is 0 Å². The van der Waals surface area contributed by atoms with Crippen LogP contribution in [0.5, 0.6) is 0 Å². The van der Waals surface area contributed by atoms with Crippen LogP contribution in [-0.4, -0.2) is 35.5 Å². The summed E-state index contributed by atoms with van der Waals surface area (Å²) in [6.07, 6.45) is 2.64. The predicted molar refractivity (Wildman–Crippen MR) is 160 cm³/mol. The van der Waals surface area contributed by atoms with Crippen LogP contribution >= 0.6 is 0 Å². The molecule has 0 aliphatic heterocycles. The molecule has 212 valence electrons. The standard InChI is InChI=1S/C34H37N3O4/c38-32(37-41)24-29(19-10-18-28-17-9-16-27-15-7-8-20-30(27)28)33(39)36-31(23-26-13-5-2-6-14-26)34(40)35-22-21-25-11-3-1-4-12-25/h1-9,11-17,20,29,31,41H,10,18-19,21-24H2,(H,35,40)(H,36,39)(H,37,38)/t29-,31+/m1/s1. The molecule has 4 aromatic rings. The van der Waals surface area contributed by atoms with Gasteiger partial charge >= 0.3 is 0 Å². The van der Waals surface area contributed by atoms with Gasteiger partial charge in [0.1, 0.15) is 6.04 Å². The third-order valence-electron chi connectivity index (χ3n) is 7.28. The minimum atomic E-state index is -0.807. The second kappa shape index (κ2) is 15.3. The number of hydrogen-bond acceptors (Lipinski definition) is 4. The second-order valence-electron chi connectivity index (χ2n) is 10.2. The van der Waals surface area contributed by atoms with E-state index in [0.717, 1.165) is 22.9 Å². The number of nitrogens with one attached hydrogen (secondary N) is 3. The van der Waals surface area contributed by atoms with Crippen molar-refractivity contribution < 1.29 is 19.6 Å². The van der Waals surface area contributed by atoms with Crippen LogP contribution in [0.25, 0.3) is 10.8 Å². The third-order valence-corrected chi connectivity index (χ3v) is 7.28. The molecule has 4 rings (SSSR count). The summed E-state index contributed by atoms with van der Waals surface area (Å²) in [6.45, 7) is 0.436. The van der Waals surface area contributed by atoms with E-state index < -0.39 is 17.9 Å². The molecular weight excluding hydrogens is 514 g/mol. The summed E-state index contributed by atoms with van der Waals surface area (Å²) in [4.78, 5) is 38.9. The minimum Gasteiger partial charge on any atom is -0.354 e. The largest absolute Gasteiger partial charge is 0.354 e. The summed E-state index contributed by atoms with van der Waals surface area (Å²) in [5, 5.41) is 17.3. The van der Waals surface area contributed by atoms with Gasteiger partial charge in [0.2, 0.25) is 17.7 Å². The molecule has 7 heteroatoms. The van der Waals surface area contributed by atoms with Crippen LogP contribution in [0.2, 0.25) is 0 Å². The van der Waals surface area contributed by atoms with E-state index in [1.165, 1.54) is 10.9 Å². The van der Waals surface area contributed by atoms with E-state index >= 15 is 0 Å². The van der Waals surface area contributed by atoms with Crippen LogP contribution in [0.4, 0.5) is 0 Å². The molecule has 4 N–H and O–H groups in total. The monoisotopic (exact) mass is 551 g/mol. The van der Waals surface area contributed by atoms with E-state index in [0.29, 0.717) is 32.2 Å². The van der Waals surface area contributed by atoms with Crippen LogP contribution < -0.4 is 16.1 Å². The molecule has 0 aliphatic carbocycles. The van der Waals surface area contributed by atoms with E-state index in [-0.39, 0.29) is 18.2 Å². The van der Waals surface area contributed by atoms with Crippen molar-refractivity contribution in [2.24, 2.45) is 5.92 Å². The Kier molecular flexibility index (Phi) is 11.0. The highest BCUT2D eigenvalue weighted by molar-refractivity contribution is 5.91. The molecular formula is C34H37N3O4. The Hall–Kier alpha value is -4.49. The summed E-state index contributed by atoms with van der Waals surface area (Å²) in [5.74, 6) is -2.00. The van der Waals surface area contributed by atoms with Gasteiger partial charge in [0.05, 0.1) is 0 Å². The lowest BCUT2D eigenvalue weighted by atomic mass is 9.93. The predicted octanol–water partition coefficient (Wildman–Crippen LogP) is 4.76. The Morgan fingerprint density at radius 3 is 2.10 bits per heavy atom. The fraction of sp³-hybridized carbons (Fsp3) is 0.265. The van der Waals surface area contributed by atoms with Crippen LogP contribution in [0, 0.1) is 5.92 Å². The number of amides is 3. The molecule has 3 amide bonds. The number of hydrogen-bond donors (Lipinski definition) is 4. The van der Waals surface area contributed by atoms with Crippen molar-refractivity contribution in [1.29, 1.82) is 0 Å². The van der Waals surface area contributed by atoms with Gasteiger partial charge < -0.3 is 10.6 Å². The molecule has 2 atom stereocenters. The summed E-state index contributed by atoms with van der Waals surface area (Å²) < 4.78 is 0. The molecule has 0 aliphatic rings. The summed E-state index contributed by atoms with van der Waals surface area (Å²) in [6, 6.07) is 32.9. The lowest BCUT2D eigenvalue weighted by molar-refractivity contribution is -0.136. The maximum atomic E-state index is 13.5. The Labute approximate surface area is 240 Å². The molecule has 0 unspecified atom stereocenters. The lowest BCUT2D eigenvalue weighted by Gasteiger charge is -2.22. The first kappa shape index (κ1) is 29.5. The molecule has 41 heavy (non-hydrogen) atoms. The normalized spacial score (nSPS) is 12.3. The highest BCUT2D eigenvalue weighted by atomic mass is 16.5. The van der Waals surface area contributed by atoms with Crippen molar-refractivity contribution >= 4 is 28.5 Å². The van der Waals surface area contributed by atoms with Crippen molar-refractivity contribution in [3.05, 3.63) is 120 Å². The second-order valence-corrected chi connectivity index (χ2v) is 10.2. The highest BCUT2D eigenvalue weighted by Crippen LogP contribution is 2.22. The summed E-state index contributed by atoms with van der Waals surface area (Å²) >= 11 is 0. The molecule has 0 radical (unpaired) electrons. The van der Waals surface area contributed by atoms with E-state index in [1.807, 2.05) is 78.9 Å². The van der Waals surface area contributed by atoms with Crippen molar-refractivity contribution in [1.82, 2.24) is 16.1 Å². The molecule has 0 saturated carbocycles. The Morgan fingerprint density at radius 2 is 1.37 bits per heavy atom. The van der Waals surface area contributed by atoms with E-state index in [4.69, 9.17) is 5.21 Å².